The predicted octanol–water partition coefficient (Wildman–Crippen LogP) is 3.64. The highest BCUT2D eigenvalue weighted by Gasteiger charge is 2.52. The fraction of sp³-hybridized carbons (Fsp3) is 0.524. The minimum absolute atomic E-state index is 0.0526. The van der Waals surface area contributed by atoms with Gasteiger partial charge < -0.3 is 4.74 Å². The zero-order valence-corrected chi connectivity index (χ0v) is 18.0. The molecule has 1 aliphatic heterocycles. The lowest BCUT2D eigenvalue weighted by atomic mass is 9.81. The summed E-state index contributed by atoms with van der Waals surface area (Å²) in [5, 5.41) is 0.705. The summed E-state index contributed by atoms with van der Waals surface area (Å²) in [7, 11) is 0. The van der Waals surface area contributed by atoms with Gasteiger partial charge in [0.15, 0.2) is 0 Å². The van der Waals surface area contributed by atoms with E-state index in [1.54, 1.807) is 11.8 Å². The number of esters is 1. The Morgan fingerprint density at radius 2 is 1.93 bits per heavy atom. The van der Waals surface area contributed by atoms with Gasteiger partial charge in [0.1, 0.15) is 17.7 Å². The van der Waals surface area contributed by atoms with E-state index in [0.29, 0.717) is 17.2 Å². The molecule has 1 saturated heterocycles. The Labute approximate surface area is 178 Å². The molecule has 1 aromatic carbocycles. The molecule has 29 heavy (non-hydrogen) atoms. The molecule has 6 nitrogen and oxygen atoms in total. The first-order valence-electron chi connectivity index (χ1n) is 9.97. The van der Waals surface area contributed by atoms with Crippen LogP contribution in [0.15, 0.2) is 24.3 Å². The van der Waals surface area contributed by atoms with E-state index in [-0.39, 0.29) is 30.3 Å². The molecule has 1 saturated carbocycles. The van der Waals surface area contributed by atoms with E-state index in [2.05, 4.69) is 4.98 Å². The van der Waals surface area contributed by atoms with Crippen molar-refractivity contribution in [1.29, 1.82) is 0 Å². The molecule has 154 valence electrons. The number of rotatable bonds is 7. The molecule has 0 bridgehead atoms. The lowest BCUT2D eigenvalue weighted by Gasteiger charge is -2.24. The summed E-state index contributed by atoms with van der Waals surface area (Å²) in [6.07, 6.45) is 5.76. The molecule has 0 unspecified atom stereocenters. The Bertz CT molecular complexity index is 871. The van der Waals surface area contributed by atoms with E-state index in [1.807, 2.05) is 30.5 Å². The lowest BCUT2D eigenvalue weighted by molar-refractivity contribution is -0.160. The van der Waals surface area contributed by atoms with Gasteiger partial charge in [-0.1, -0.05) is 25.0 Å². The number of amides is 2. The van der Waals surface area contributed by atoms with Crippen molar-refractivity contribution >= 4 is 51.1 Å². The van der Waals surface area contributed by atoms with Crippen LogP contribution in [0.2, 0.25) is 0 Å². The molecule has 0 radical (unpaired) electrons. The van der Waals surface area contributed by atoms with E-state index in [4.69, 9.17) is 4.74 Å². The van der Waals surface area contributed by atoms with Gasteiger partial charge in [-0.2, -0.15) is 11.8 Å². The molecule has 0 N–H and O–H groups in total. The van der Waals surface area contributed by atoms with Crippen LogP contribution in [0.5, 0.6) is 0 Å². The molecule has 2 aliphatic rings. The van der Waals surface area contributed by atoms with E-state index < -0.39 is 12.0 Å². The maximum absolute atomic E-state index is 12.9. The van der Waals surface area contributed by atoms with Crippen LogP contribution in [0.1, 0.15) is 37.1 Å². The van der Waals surface area contributed by atoms with Crippen LogP contribution in [0.25, 0.3) is 10.2 Å². The molecule has 1 aromatic heterocycles. The third-order valence-electron chi connectivity index (χ3n) is 5.73. The zero-order chi connectivity index (χ0) is 20.4. The number of carbonyl (C=O) groups excluding carboxylic acids is 3. The van der Waals surface area contributed by atoms with Crippen molar-refractivity contribution in [2.45, 2.75) is 44.8 Å². The smallest absolute Gasteiger partial charge is 0.329 e. The van der Waals surface area contributed by atoms with Gasteiger partial charge in [0, 0.05) is 0 Å². The lowest BCUT2D eigenvalue weighted by Crippen LogP contribution is -2.46. The number of carbonyl (C=O) groups is 3. The number of ether oxygens (including phenoxy) is 1. The second-order valence-corrected chi connectivity index (χ2v) is 9.63. The summed E-state index contributed by atoms with van der Waals surface area (Å²) in [5.74, 6) is -0.743. The average molecular weight is 433 g/mol. The van der Waals surface area contributed by atoms with Crippen molar-refractivity contribution in [2.75, 3.05) is 12.0 Å². The molecule has 8 heteroatoms. The Morgan fingerprint density at radius 3 is 2.59 bits per heavy atom. The molecular formula is C21H24N2O4S2. The van der Waals surface area contributed by atoms with Gasteiger partial charge >= 0.3 is 5.97 Å². The molecule has 2 heterocycles. The van der Waals surface area contributed by atoms with Crippen molar-refractivity contribution < 1.29 is 19.1 Å². The van der Waals surface area contributed by atoms with Crippen LogP contribution in [0.3, 0.4) is 0 Å². The van der Waals surface area contributed by atoms with E-state index in [9.17, 15) is 14.4 Å². The van der Waals surface area contributed by atoms with E-state index in [1.165, 1.54) is 16.2 Å². The highest BCUT2D eigenvalue weighted by molar-refractivity contribution is 7.98. The number of likely N-dealkylation sites (tertiary alicyclic amines) is 1. The van der Waals surface area contributed by atoms with Gasteiger partial charge in [-0.05, 0) is 43.4 Å². The number of aromatic nitrogens is 1. The molecule has 0 spiro atoms. The summed E-state index contributed by atoms with van der Waals surface area (Å²) in [6, 6.07) is 6.91. The maximum atomic E-state index is 12.9. The summed E-state index contributed by atoms with van der Waals surface area (Å²) in [5.41, 5.74) is 0.872. The number of hydrogen-bond donors (Lipinski definition) is 0. The van der Waals surface area contributed by atoms with Crippen molar-refractivity contribution in [3.8, 4) is 0 Å². The molecule has 4 rings (SSSR count). The van der Waals surface area contributed by atoms with Gasteiger partial charge in [-0.3, -0.25) is 14.5 Å². The van der Waals surface area contributed by atoms with Gasteiger partial charge in [0.2, 0.25) is 11.8 Å². The molecule has 2 fully saturated rings. The van der Waals surface area contributed by atoms with Crippen molar-refractivity contribution in [3.63, 3.8) is 0 Å². The topological polar surface area (TPSA) is 76.6 Å². The predicted molar refractivity (Wildman–Crippen MR) is 114 cm³/mol. The van der Waals surface area contributed by atoms with Crippen LogP contribution in [-0.2, 0) is 25.7 Å². The number of nitrogens with zero attached hydrogens (tertiary/aromatic N) is 2. The van der Waals surface area contributed by atoms with Gasteiger partial charge in [-0.15, -0.1) is 11.3 Å². The average Bonchev–Trinajstić information content (AvgIpc) is 3.27. The van der Waals surface area contributed by atoms with Crippen molar-refractivity contribution in [2.24, 2.45) is 11.8 Å². The van der Waals surface area contributed by atoms with Crippen LogP contribution >= 0.6 is 23.1 Å². The fourth-order valence-corrected chi connectivity index (χ4v) is 5.63. The second kappa shape index (κ2) is 8.83. The summed E-state index contributed by atoms with van der Waals surface area (Å²) in [4.78, 5) is 44.5. The molecule has 2 aromatic rings. The van der Waals surface area contributed by atoms with Crippen LogP contribution in [0, 0.1) is 11.8 Å². The molecule has 3 atom stereocenters. The number of hydrogen-bond acceptors (Lipinski definition) is 7. The third kappa shape index (κ3) is 4.05. The fourth-order valence-electron chi connectivity index (χ4n) is 4.29. The summed E-state index contributed by atoms with van der Waals surface area (Å²) >= 11 is 3.06. The summed E-state index contributed by atoms with van der Waals surface area (Å²) < 4.78 is 6.57. The minimum atomic E-state index is -0.845. The van der Waals surface area contributed by atoms with Gasteiger partial charge in [-0.25, -0.2) is 9.78 Å². The van der Waals surface area contributed by atoms with Crippen molar-refractivity contribution in [3.05, 3.63) is 29.3 Å². The number of thioether (sulfide) groups is 1. The van der Waals surface area contributed by atoms with Crippen LogP contribution in [0.4, 0.5) is 0 Å². The largest absolute Gasteiger partial charge is 0.457 e. The van der Waals surface area contributed by atoms with E-state index in [0.717, 1.165) is 35.9 Å². The monoisotopic (exact) mass is 432 g/mol. The highest BCUT2D eigenvalue weighted by atomic mass is 32.2. The Morgan fingerprint density at radius 1 is 1.24 bits per heavy atom. The molecule has 1 aliphatic carbocycles. The Balaban J connectivity index is 1.49. The third-order valence-corrected chi connectivity index (χ3v) is 7.38. The first kappa shape index (κ1) is 20.3. The standard InChI is InChI=1S/C21H24N2O4S2/c1-28-11-10-16(23-19(24)13-6-2-3-7-14(13)20(23)25)21(26)27-12-18-22-15-8-4-5-9-17(15)29-18/h4-5,8-9,13-14,16H,2-3,6-7,10-12H2,1H3/t13-,14-,16-/m1/s1. The summed E-state index contributed by atoms with van der Waals surface area (Å²) in [6.45, 7) is 0.0526. The second-order valence-electron chi connectivity index (χ2n) is 7.52. The number of thiazole rings is 1. The molecular weight excluding hydrogens is 408 g/mol. The first-order chi connectivity index (χ1) is 14.1. The van der Waals surface area contributed by atoms with Gasteiger partial charge in [0.25, 0.3) is 0 Å². The highest BCUT2D eigenvalue weighted by Crippen LogP contribution is 2.39. The zero-order valence-electron chi connectivity index (χ0n) is 16.3. The van der Waals surface area contributed by atoms with Crippen LogP contribution in [-0.4, -0.2) is 45.7 Å². The SMILES string of the molecule is CSCC[C@H](C(=O)OCc1nc2ccccc2s1)N1C(=O)[C@@H]2CCCC[C@H]2C1=O. The Kier molecular flexibility index (Phi) is 6.20. The van der Waals surface area contributed by atoms with Gasteiger partial charge in [0.05, 0.1) is 22.1 Å². The normalized spacial score (nSPS) is 22.7. The number of para-hydroxylation sites is 1. The van der Waals surface area contributed by atoms with Crippen LogP contribution < -0.4 is 0 Å². The first-order valence-corrected chi connectivity index (χ1v) is 12.2. The minimum Gasteiger partial charge on any atom is -0.457 e. The number of fused-ring (bicyclic) bond motifs is 2. The number of benzene rings is 1. The molecule has 2 amide bonds. The Hall–Kier alpha value is -1.93. The van der Waals surface area contributed by atoms with E-state index >= 15 is 0 Å². The maximum Gasteiger partial charge on any atom is 0.329 e. The number of imide groups is 1. The van der Waals surface area contributed by atoms with Crippen molar-refractivity contribution in [1.82, 2.24) is 9.88 Å². The quantitative estimate of drug-likeness (QED) is 0.491.